The highest BCUT2D eigenvalue weighted by molar-refractivity contribution is 6.10. The van der Waals surface area contributed by atoms with Crippen molar-refractivity contribution in [1.82, 2.24) is 14.9 Å². The number of para-hydroxylation sites is 1. The van der Waals surface area contributed by atoms with E-state index >= 15 is 0 Å². The number of hydrogen-bond acceptors (Lipinski definition) is 2. The van der Waals surface area contributed by atoms with Gasteiger partial charge in [-0.3, -0.25) is 4.79 Å². The summed E-state index contributed by atoms with van der Waals surface area (Å²) in [5, 5.41) is 4.84. The van der Waals surface area contributed by atoms with Gasteiger partial charge in [-0.2, -0.15) is 0 Å². The lowest BCUT2D eigenvalue weighted by molar-refractivity contribution is 0.0958. The first kappa shape index (κ1) is 11.7. The van der Waals surface area contributed by atoms with Crippen molar-refractivity contribution >= 4 is 27.7 Å². The van der Waals surface area contributed by atoms with Crippen LogP contribution in [0.1, 0.15) is 16.2 Å². The van der Waals surface area contributed by atoms with Crippen LogP contribution in [0.3, 0.4) is 0 Å². The van der Waals surface area contributed by atoms with Crippen LogP contribution in [0, 0.1) is 6.92 Å². The average molecular weight is 253 g/mol. The first-order valence-electron chi connectivity index (χ1n) is 6.20. The van der Waals surface area contributed by atoms with Gasteiger partial charge < -0.3 is 9.88 Å². The predicted molar refractivity (Wildman–Crippen MR) is 76.3 cm³/mol. The highest BCUT2D eigenvalue weighted by atomic mass is 16.1. The van der Waals surface area contributed by atoms with E-state index in [1.807, 2.05) is 32.2 Å². The maximum Gasteiger partial charge on any atom is 0.269 e. The summed E-state index contributed by atoms with van der Waals surface area (Å²) in [6.45, 7) is 1.94. The number of nitrogens with zero attached hydrogens (tertiary/aromatic N) is 2. The van der Waals surface area contributed by atoms with Crippen LogP contribution in [0.5, 0.6) is 0 Å². The van der Waals surface area contributed by atoms with Gasteiger partial charge in [0.25, 0.3) is 5.91 Å². The van der Waals surface area contributed by atoms with Crippen molar-refractivity contribution in [2.24, 2.45) is 7.05 Å². The summed E-state index contributed by atoms with van der Waals surface area (Å²) in [5.74, 6) is -0.155. The minimum absolute atomic E-state index is 0.155. The quantitative estimate of drug-likeness (QED) is 0.724. The fraction of sp³-hybridized carbons (Fsp3) is 0.200. The van der Waals surface area contributed by atoms with Gasteiger partial charge in [-0.1, -0.05) is 18.2 Å². The van der Waals surface area contributed by atoms with Crippen molar-refractivity contribution in [3.8, 4) is 0 Å². The van der Waals surface area contributed by atoms with Crippen molar-refractivity contribution in [3.63, 3.8) is 0 Å². The summed E-state index contributed by atoms with van der Waals surface area (Å²) in [7, 11) is 3.64. The molecule has 96 valence electrons. The SMILES string of the molecule is CNC(=O)c1cc2c3ccccc3n(C)c2c(C)n1. The van der Waals surface area contributed by atoms with Gasteiger partial charge in [-0.25, -0.2) is 4.98 Å². The monoisotopic (exact) mass is 253 g/mol. The van der Waals surface area contributed by atoms with Crippen molar-refractivity contribution in [3.05, 3.63) is 41.7 Å². The molecule has 3 aromatic rings. The van der Waals surface area contributed by atoms with Crippen LogP contribution in [-0.4, -0.2) is 22.5 Å². The molecule has 1 N–H and O–H groups in total. The maximum absolute atomic E-state index is 11.8. The zero-order valence-corrected chi connectivity index (χ0v) is 11.2. The molecule has 1 aromatic carbocycles. The molecule has 0 spiro atoms. The molecule has 4 heteroatoms. The molecule has 0 aliphatic carbocycles. The Hall–Kier alpha value is -2.36. The van der Waals surface area contributed by atoms with Gasteiger partial charge in [-0.05, 0) is 19.1 Å². The van der Waals surface area contributed by atoms with Crippen molar-refractivity contribution in [2.45, 2.75) is 6.92 Å². The van der Waals surface area contributed by atoms with Gasteiger partial charge >= 0.3 is 0 Å². The number of hydrogen-bond donors (Lipinski definition) is 1. The second-order valence-corrected chi connectivity index (χ2v) is 4.64. The molecule has 0 atom stereocenters. The van der Waals surface area contributed by atoms with Crippen LogP contribution < -0.4 is 5.32 Å². The van der Waals surface area contributed by atoms with Crippen LogP contribution >= 0.6 is 0 Å². The van der Waals surface area contributed by atoms with E-state index < -0.39 is 0 Å². The predicted octanol–water partition coefficient (Wildman–Crippen LogP) is 2.39. The first-order chi connectivity index (χ1) is 9.13. The Kier molecular flexibility index (Phi) is 2.52. The van der Waals surface area contributed by atoms with Crippen molar-refractivity contribution < 1.29 is 4.79 Å². The summed E-state index contributed by atoms with van der Waals surface area (Å²) in [6, 6.07) is 10.0. The van der Waals surface area contributed by atoms with Crippen LogP contribution in [0.15, 0.2) is 30.3 Å². The second-order valence-electron chi connectivity index (χ2n) is 4.64. The van der Waals surface area contributed by atoms with Crippen molar-refractivity contribution in [2.75, 3.05) is 7.05 Å². The lowest BCUT2D eigenvalue weighted by atomic mass is 10.1. The first-order valence-corrected chi connectivity index (χ1v) is 6.20. The fourth-order valence-corrected chi connectivity index (χ4v) is 2.65. The van der Waals surface area contributed by atoms with Gasteiger partial charge in [0, 0.05) is 30.4 Å². The number of benzene rings is 1. The van der Waals surface area contributed by atoms with E-state index in [1.165, 1.54) is 0 Å². The summed E-state index contributed by atoms with van der Waals surface area (Å²) < 4.78 is 2.13. The molecule has 3 rings (SSSR count). The smallest absolute Gasteiger partial charge is 0.269 e. The topological polar surface area (TPSA) is 46.9 Å². The lowest BCUT2D eigenvalue weighted by Gasteiger charge is -2.04. The van der Waals surface area contributed by atoms with E-state index in [2.05, 4.69) is 27.0 Å². The molecule has 1 amide bonds. The van der Waals surface area contributed by atoms with Crippen LogP contribution in [0.25, 0.3) is 21.8 Å². The standard InChI is InChI=1S/C15H15N3O/c1-9-14-11(8-12(17-9)15(19)16-2)10-6-4-5-7-13(10)18(14)3/h4-8H,1-3H3,(H,16,19). The molecule has 0 aliphatic heterocycles. The zero-order chi connectivity index (χ0) is 13.6. The Morgan fingerprint density at radius 2 is 2.00 bits per heavy atom. The number of rotatable bonds is 1. The van der Waals surface area contributed by atoms with E-state index in [0.29, 0.717) is 5.69 Å². The highest BCUT2D eigenvalue weighted by Crippen LogP contribution is 2.29. The molecule has 0 saturated carbocycles. The Labute approximate surface area is 111 Å². The number of amides is 1. The van der Waals surface area contributed by atoms with Gasteiger partial charge in [-0.15, -0.1) is 0 Å². The van der Waals surface area contributed by atoms with Gasteiger partial charge in [0.1, 0.15) is 5.69 Å². The normalized spacial score (nSPS) is 11.1. The van der Waals surface area contributed by atoms with Crippen molar-refractivity contribution in [1.29, 1.82) is 0 Å². The number of carbonyl (C=O) groups is 1. The molecule has 0 radical (unpaired) electrons. The molecular weight excluding hydrogens is 238 g/mol. The third-order valence-electron chi connectivity index (χ3n) is 3.52. The molecule has 0 unspecified atom stereocenters. The number of carbonyl (C=O) groups excluding carboxylic acids is 1. The number of aryl methyl sites for hydroxylation is 2. The number of aromatic nitrogens is 2. The molecule has 4 nitrogen and oxygen atoms in total. The Morgan fingerprint density at radius 3 is 2.74 bits per heavy atom. The van der Waals surface area contributed by atoms with Crippen LogP contribution in [0.2, 0.25) is 0 Å². The molecular formula is C15H15N3O. The Bertz CT molecular complexity index is 802. The van der Waals surface area contributed by atoms with E-state index in [4.69, 9.17) is 0 Å². The minimum Gasteiger partial charge on any atom is -0.354 e. The Morgan fingerprint density at radius 1 is 1.26 bits per heavy atom. The van der Waals surface area contributed by atoms with Gasteiger partial charge in [0.15, 0.2) is 0 Å². The molecule has 0 bridgehead atoms. The van der Waals surface area contributed by atoms with E-state index in [1.54, 1.807) is 7.05 Å². The third kappa shape index (κ3) is 1.60. The second kappa shape index (κ2) is 4.09. The summed E-state index contributed by atoms with van der Waals surface area (Å²) in [6.07, 6.45) is 0. The zero-order valence-electron chi connectivity index (χ0n) is 11.2. The molecule has 0 fully saturated rings. The molecule has 0 aliphatic rings. The summed E-state index contributed by atoms with van der Waals surface area (Å²) in [4.78, 5) is 16.2. The lowest BCUT2D eigenvalue weighted by Crippen LogP contribution is -2.19. The van der Waals surface area contributed by atoms with Gasteiger partial charge in [0.05, 0.1) is 11.2 Å². The third-order valence-corrected chi connectivity index (χ3v) is 3.52. The summed E-state index contributed by atoms with van der Waals surface area (Å²) >= 11 is 0. The average Bonchev–Trinajstić information content (AvgIpc) is 2.72. The molecule has 2 aromatic heterocycles. The van der Waals surface area contributed by atoms with Gasteiger partial charge in [0.2, 0.25) is 0 Å². The molecule has 0 saturated heterocycles. The number of nitrogens with one attached hydrogen (secondary N) is 1. The number of pyridine rings is 1. The largest absolute Gasteiger partial charge is 0.354 e. The maximum atomic E-state index is 11.8. The van der Waals surface area contributed by atoms with Crippen LogP contribution in [0.4, 0.5) is 0 Å². The van der Waals surface area contributed by atoms with E-state index in [9.17, 15) is 4.79 Å². The Balaban J connectivity index is 2.47. The summed E-state index contributed by atoms with van der Waals surface area (Å²) in [5.41, 5.74) is 3.56. The highest BCUT2D eigenvalue weighted by Gasteiger charge is 2.14. The minimum atomic E-state index is -0.155. The van der Waals surface area contributed by atoms with E-state index in [0.717, 1.165) is 27.5 Å². The molecule has 2 heterocycles. The van der Waals surface area contributed by atoms with Crippen LogP contribution in [-0.2, 0) is 7.05 Å². The molecule has 19 heavy (non-hydrogen) atoms. The number of fused-ring (bicyclic) bond motifs is 3. The fourth-order valence-electron chi connectivity index (χ4n) is 2.65. The van der Waals surface area contributed by atoms with E-state index in [-0.39, 0.29) is 5.91 Å².